The quantitative estimate of drug-likeness (QED) is 0.601. The molecule has 0 bridgehead atoms. The van der Waals surface area contributed by atoms with Gasteiger partial charge in [0, 0.05) is 12.7 Å². The van der Waals surface area contributed by atoms with Gasteiger partial charge in [-0.15, -0.1) is 0 Å². The first-order valence-corrected chi connectivity index (χ1v) is 9.04. The molecule has 0 amide bonds. The highest BCUT2D eigenvalue weighted by molar-refractivity contribution is 5.77. The van der Waals surface area contributed by atoms with Gasteiger partial charge in [0.15, 0.2) is 5.52 Å². The number of nitrogens with one attached hydrogen (secondary N) is 1. The van der Waals surface area contributed by atoms with Crippen LogP contribution in [-0.2, 0) is 19.5 Å². The van der Waals surface area contributed by atoms with E-state index in [1.54, 1.807) is 4.57 Å². The van der Waals surface area contributed by atoms with Gasteiger partial charge in [0.2, 0.25) is 0 Å². The Morgan fingerprint density at radius 2 is 1.77 bits per heavy atom. The van der Waals surface area contributed by atoms with Crippen molar-refractivity contribution in [3.63, 3.8) is 0 Å². The lowest BCUT2D eigenvalue weighted by Crippen LogP contribution is -2.40. The van der Waals surface area contributed by atoms with Crippen molar-refractivity contribution >= 4 is 16.8 Å². The lowest BCUT2D eigenvalue weighted by Gasteiger charge is -2.11. The Balaban J connectivity index is 2.05. The average molecular weight is 350 g/mol. The lowest BCUT2D eigenvalue weighted by atomic mass is 10.2. The topological polar surface area (TPSA) is 64.2 Å². The maximum absolute atomic E-state index is 13.0. The highest BCUT2D eigenvalue weighted by atomic mass is 16.2. The second-order valence-electron chi connectivity index (χ2n) is 6.59. The Bertz CT molecular complexity index is 1190. The number of hydrogen-bond donors (Lipinski definition) is 1. The molecule has 6 nitrogen and oxygen atoms in total. The highest BCUT2D eigenvalue weighted by Crippen LogP contribution is 2.17. The summed E-state index contributed by atoms with van der Waals surface area (Å²) in [6.45, 7) is 4.88. The monoisotopic (exact) mass is 350 g/mol. The summed E-state index contributed by atoms with van der Waals surface area (Å²) in [5.74, 6) is 0. The molecule has 0 atom stereocenters. The zero-order chi connectivity index (χ0) is 18.3. The van der Waals surface area contributed by atoms with Gasteiger partial charge in [0.1, 0.15) is 11.3 Å². The van der Waals surface area contributed by atoms with Crippen LogP contribution in [0.25, 0.3) is 16.8 Å². The van der Waals surface area contributed by atoms with Gasteiger partial charge in [-0.25, -0.2) is 4.79 Å². The number of benzene rings is 1. The molecule has 0 aliphatic heterocycles. The normalized spacial score (nSPS) is 11.6. The fourth-order valence-corrected chi connectivity index (χ4v) is 3.48. The van der Waals surface area contributed by atoms with Crippen LogP contribution < -0.4 is 11.2 Å². The molecule has 0 aliphatic rings. The molecule has 134 valence electrons. The minimum atomic E-state index is -0.270. The Morgan fingerprint density at radius 1 is 1.00 bits per heavy atom. The van der Waals surface area contributed by atoms with Crippen molar-refractivity contribution < 1.29 is 0 Å². The molecule has 0 fully saturated rings. The van der Waals surface area contributed by atoms with Crippen LogP contribution in [0.4, 0.5) is 0 Å². The zero-order valence-electron chi connectivity index (χ0n) is 15.0. The van der Waals surface area contributed by atoms with Crippen molar-refractivity contribution in [2.45, 2.75) is 39.8 Å². The molecule has 4 rings (SSSR count). The van der Waals surface area contributed by atoms with Crippen LogP contribution in [0, 0.1) is 0 Å². The van der Waals surface area contributed by atoms with Crippen molar-refractivity contribution in [2.24, 2.45) is 0 Å². The van der Waals surface area contributed by atoms with E-state index in [1.165, 1.54) is 4.57 Å². The van der Waals surface area contributed by atoms with E-state index >= 15 is 0 Å². The first kappa shape index (κ1) is 16.4. The van der Waals surface area contributed by atoms with Gasteiger partial charge < -0.3 is 4.98 Å². The third kappa shape index (κ3) is 2.49. The first-order chi connectivity index (χ1) is 12.6. The molecule has 1 aromatic carbocycles. The van der Waals surface area contributed by atoms with E-state index < -0.39 is 0 Å². The van der Waals surface area contributed by atoms with Gasteiger partial charge in [-0.1, -0.05) is 44.2 Å². The fourth-order valence-electron chi connectivity index (χ4n) is 3.48. The Morgan fingerprint density at radius 3 is 2.46 bits per heavy atom. The number of fused-ring (bicyclic) bond motifs is 3. The number of rotatable bonds is 5. The van der Waals surface area contributed by atoms with E-state index in [9.17, 15) is 9.59 Å². The molecule has 0 saturated heterocycles. The summed E-state index contributed by atoms with van der Waals surface area (Å²) in [6, 6.07) is 11.9. The predicted octanol–water partition coefficient (Wildman–Crippen LogP) is 2.76. The fraction of sp³-hybridized carbons (Fsp3) is 0.300. The number of imidazole rings is 1. The van der Waals surface area contributed by atoms with Crippen LogP contribution in [0.1, 0.15) is 31.4 Å². The third-order valence-electron chi connectivity index (χ3n) is 4.81. The Kier molecular flexibility index (Phi) is 4.03. The molecule has 6 heteroatoms. The standard InChI is InChI=1S/C20H22N4O2/c1-3-10-22-19(25)17-18(21-16-11-14(4-2)12-23(16)17)24(20(22)26)13-15-8-6-5-7-9-15/h5-9,11-12,21H,3-4,10,13H2,1-2H3. The number of aromatic amines is 1. The predicted molar refractivity (Wildman–Crippen MR) is 103 cm³/mol. The number of nitrogens with zero attached hydrogens (tertiary/aromatic N) is 3. The van der Waals surface area contributed by atoms with Gasteiger partial charge >= 0.3 is 5.69 Å². The second kappa shape index (κ2) is 6.37. The molecular weight excluding hydrogens is 328 g/mol. The Labute approximate surface area is 150 Å². The maximum Gasteiger partial charge on any atom is 0.333 e. The summed E-state index contributed by atoms with van der Waals surface area (Å²) in [7, 11) is 0. The number of aryl methyl sites for hydroxylation is 1. The number of aromatic nitrogens is 4. The van der Waals surface area contributed by atoms with E-state index in [-0.39, 0.29) is 11.2 Å². The van der Waals surface area contributed by atoms with Crippen LogP contribution in [0.3, 0.4) is 0 Å². The second-order valence-corrected chi connectivity index (χ2v) is 6.59. The van der Waals surface area contributed by atoms with E-state index in [2.05, 4.69) is 11.9 Å². The molecule has 0 saturated carbocycles. The van der Waals surface area contributed by atoms with Crippen LogP contribution >= 0.6 is 0 Å². The average Bonchev–Trinajstić information content (AvgIpc) is 3.20. The zero-order valence-corrected chi connectivity index (χ0v) is 15.0. The molecule has 0 radical (unpaired) electrons. The van der Waals surface area contributed by atoms with Crippen molar-refractivity contribution in [1.29, 1.82) is 0 Å². The van der Waals surface area contributed by atoms with Crippen molar-refractivity contribution in [2.75, 3.05) is 0 Å². The summed E-state index contributed by atoms with van der Waals surface area (Å²) in [6.07, 6.45) is 3.60. The Hall–Kier alpha value is -3.02. The van der Waals surface area contributed by atoms with Gasteiger partial charge in [-0.3, -0.25) is 18.3 Å². The minimum absolute atomic E-state index is 0.235. The molecule has 3 heterocycles. The van der Waals surface area contributed by atoms with Crippen LogP contribution in [0.15, 0.2) is 52.2 Å². The SMILES string of the molecule is CCCn1c(=O)c2c([nH]c3cc(CC)cn32)n(Cc2ccccc2)c1=O. The van der Waals surface area contributed by atoms with E-state index in [1.807, 2.05) is 53.9 Å². The first-order valence-electron chi connectivity index (χ1n) is 9.04. The summed E-state index contributed by atoms with van der Waals surface area (Å²) in [5, 5.41) is 0. The van der Waals surface area contributed by atoms with Crippen molar-refractivity contribution in [3.05, 3.63) is 74.6 Å². The summed E-state index contributed by atoms with van der Waals surface area (Å²) < 4.78 is 4.90. The minimum Gasteiger partial charge on any atom is -0.325 e. The third-order valence-corrected chi connectivity index (χ3v) is 4.81. The molecule has 0 unspecified atom stereocenters. The summed E-state index contributed by atoms with van der Waals surface area (Å²) >= 11 is 0. The van der Waals surface area contributed by atoms with E-state index in [4.69, 9.17) is 0 Å². The van der Waals surface area contributed by atoms with Crippen LogP contribution in [0.5, 0.6) is 0 Å². The highest BCUT2D eigenvalue weighted by Gasteiger charge is 2.18. The van der Waals surface area contributed by atoms with Gasteiger partial charge in [-0.05, 0) is 30.0 Å². The van der Waals surface area contributed by atoms with Crippen molar-refractivity contribution in [3.8, 4) is 0 Å². The lowest BCUT2D eigenvalue weighted by molar-refractivity contribution is 0.578. The summed E-state index contributed by atoms with van der Waals surface area (Å²) in [5.41, 5.74) is 3.61. The molecular formula is C20H22N4O2. The number of H-pyrrole nitrogens is 1. The molecule has 0 spiro atoms. The van der Waals surface area contributed by atoms with E-state index in [0.717, 1.165) is 29.6 Å². The largest absolute Gasteiger partial charge is 0.333 e. The van der Waals surface area contributed by atoms with E-state index in [0.29, 0.717) is 24.3 Å². The molecule has 4 aromatic rings. The van der Waals surface area contributed by atoms with Gasteiger partial charge in [0.05, 0.1) is 6.54 Å². The maximum atomic E-state index is 13.0. The molecule has 0 aliphatic carbocycles. The number of hydrogen-bond acceptors (Lipinski definition) is 2. The van der Waals surface area contributed by atoms with Gasteiger partial charge in [0.25, 0.3) is 5.56 Å². The van der Waals surface area contributed by atoms with Gasteiger partial charge in [-0.2, -0.15) is 0 Å². The summed E-state index contributed by atoms with van der Waals surface area (Å²) in [4.78, 5) is 29.3. The van der Waals surface area contributed by atoms with Crippen molar-refractivity contribution in [1.82, 2.24) is 18.5 Å². The van der Waals surface area contributed by atoms with Crippen LogP contribution in [0.2, 0.25) is 0 Å². The molecule has 26 heavy (non-hydrogen) atoms. The smallest absolute Gasteiger partial charge is 0.325 e. The van der Waals surface area contributed by atoms with Crippen LogP contribution in [-0.4, -0.2) is 18.5 Å². The molecule has 1 N–H and O–H groups in total. The molecule has 3 aromatic heterocycles.